The summed E-state index contributed by atoms with van der Waals surface area (Å²) in [6, 6.07) is 12.3. The summed E-state index contributed by atoms with van der Waals surface area (Å²) in [4.78, 5) is 31.0. The van der Waals surface area contributed by atoms with Gasteiger partial charge in [-0.25, -0.2) is 12.7 Å². The van der Waals surface area contributed by atoms with Gasteiger partial charge in [0.25, 0.3) is 11.5 Å². The maximum atomic E-state index is 13.5. The Hall–Kier alpha value is -3.69. The Morgan fingerprint density at radius 2 is 1.68 bits per heavy atom. The Balaban J connectivity index is 2.09. The highest BCUT2D eigenvalue weighted by Gasteiger charge is 2.21. The molecule has 0 aliphatic heterocycles. The maximum Gasteiger partial charge on any atom is 0.253 e. The van der Waals surface area contributed by atoms with Crippen LogP contribution in [-0.4, -0.2) is 50.8 Å². The van der Waals surface area contributed by atoms with Gasteiger partial charge in [0.05, 0.1) is 4.90 Å². The summed E-state index contributed by atoms with van der Waals surface area (Å²) in [6.07, 6.45) is 1.66. The number of benzene rings is 2. The van der Waals surface area contributed by atoms with E-state index in [4.69, 9.17) is 0 Å². The molecule has 1 heterocycles. The molecule has 0 spiro atoms. The van der Waals surface area contributed by atoms with Crippen LogP contribution in [0.3, 0.4) is 0 Å². The number of carbonyl (C=O) groups excluding carboxylic acids is 1. The molecule has 202 valence electrons. The van der Waals surface area contributed by atoms with E-state index in [9.17, 15) is 18.0 Å². The van der Waals surface area contributed by atoms with Crippen molar-refractivity contribution in [1.82, 2.24) is 14.6 Å². The first-order valence-corrected chi connectivity index (χ1v) is 13.8. The molecule has 0 fully saturated rings. The third-order valence-corrected chi connectivity index (χ3v) is 8.48. The van der Waals surface area contributed by atoms with Gasteiger partial charge in [-0.2, -0.15) is 0 Å². The average Bonchev–Trinajstić information content (AvgIpc) is 2.86. The van der Waals surface area contributed by atoms with E-state index in [1.54, 1.807) is 36.4 Å². The summed E-state index contributed by atoms with van der Waals surface area (Å²) < 4.78 is 26.2. The molecular formula is C29H36N4O4S. The van der Waals surface area contributed by atoms with E-state index in [-0.39, 0.29) is 28.9 Å². The van der Waals surface area contributed by atoms with Crippen LogP contribution < -0.4 is 15.8 Å². The maximum absolute atomic E-state index is 13.5. The number of nitrogens with zero attached hydrogens (tertiary/aromatic N) is 2. The van der Waals surface area contributed by atoms with Crippen molar-refractivity contribution in [2.75, 3.05) is 26.0 Å². The molecule has 0 unspecified atom stereocenters. The lowest BCUT2D eigenvalue weighted by Crippen LogP contribution is -2.30. The van der Waals surface area contributed by atoms with Crippen LogP contribution in [-0.2, 0) is 16.6 Å². The molecule has 0 atom stereocenters. The molecule has 0 aliphatic carbocycles. The lowest BCUT2D eigenvalue weighted by Gasteiger charge is -2.28. The standard InChI is InChI=1S/C29H36N4O4S/c1-9-24-25(28(34)30-17-26-19(4)14-20(5)31-29(26)35)15-22(16-27(24)33(8)18(2)3)21-10-12-23(13-11-21)38(36,37)32(6)7/h9-16,18H,1,17H2,2-8H3,(H,30,34)(H,31,35). The van der Waals surface area contributed by atoms with Crippen LogP contribution in [0.25, 0.3) is 17.2 Å². The van der Waals surface area contributed by atoms with Crippen LogP contribution >= 0.6 is 0 Å². The number of H-pyrrole nitrogens is 1. The van der Waals surface area contributed by atoms with Crippen molar-refractivity contribution in [1.29, 1.82) is 0 Å². The van der Waals surface area contributed by atoms with Gasteiger partial charge in [-0.1, -0.05) is 24.8 Å². The van der Waals surface area contributed by atoms with E-state index in [0.717, 1.165) is 28.1 Å². The second kappa shape index (κ2) is 11.4. The molecule has 38 heavy (non-hydrogen) atoms. The van der Waals surface area contributed by atoms with Gasteiger partial charge in [-0.05, 0) is 74.7 Å². The molecule has 0 saturated carbocycles. The first kappa shape index (κ1) is 28.9. The minimum Gasteiger partial charge on any atom is -0.372 e. The largest absolute Gasteiger partial charge is 0.372 e. The number of aromatic nitrogens is 1. The van der Waals surface area contributed by atoms with Crippen LogP contribution in [0.1, 0.15) is 46.6 Å². The number of rotatable bonds is 9. The number of nitrogens with one attached hydrogen (secondary N) is 2. The Morgan fingerprint density at radius 1 is 1.05 bits per heavy atom. The number of anilines is 1. The summed E-state index contributed by atoms with van der Waals surface area (Å²) >= 11 is 0. The van der Waals surface area contributed by atoms with E-state index in [2.05, 4.69) is 21.8 Å². The number of pyridine rings is 1. The molecule has 3 aromatic rings. The Kier molecular flexibility index (Phi) is 8.64. The summed E-state index contributed by atoms with van der Waals surface area (Å²) in [5, 5.41) is 2.90. The lowest BCUT2D eigenvalue weighted by atomic mass is 9.95. The van der Waals surface area contributed by atoms with Crippen LogP contribution in [0.2, 0.25) is 0 Å². The van der Waals surface area contributed by atoms with Gasteiger partial charge in [0, 0.05) is 61.8 Å². The quantitative estimate of drug-likeness (QED) is 0.424. The van der Waals surface area contributed by atoms with E-state index < -0.39 is 10.0 Å². The zero-order valence-corrected chi connectivity index (χ0v) is 23.9. The van der Waals surface area contributed by atoms with Crippen molar-refractivity contribution in [2.45, 2.75) is 45.2 Å². The van der Waals surface area contributed by atoms with Gasteiger partial charge in [0.2, 0.25) is 10.0 Å². The van der Waals surface area contributed by atoms with E-state index >= 15 is 0 Å². The number of sulfonamides is 1. The minimum absolute atomic E-state index is 0.0769. The minimum atomic E-state index is -3.56. The fourth-order valence-corrected chi connectivity index (χ4v) is 5.07. The third kappa shape index (κ3) is 5.89. The highest BCUT2D eigenvalue weighted by atomic mass is 32.2. The topological polar surface area (TPSA) is 103 Å². The number of hydrogen-bond acceptors (Lipinski definition) is 5. The van der Waals surface area contributed by atoms with Crippen molar-refractivity contribution < 1.29 is 13.2 Å². The highest BCUT2D eigenvalue weighted by Crippen LogP contribution is 2.33. The predicted molar refractivity (Wildman–Crippen MR) is 154 cm³/mol. The van der Waals surface area contributed by atoms with Gasteiger partial charge in [-0.15, -0.1) is 0 Å². The zero-order chi connectivity index (χ0) is 28.4. The molecule has 0 bridgehead atoms. The zero-order valence-electron chi connectivity index (χ0n) is 23.0. The van der Waals surface area contributed by atoms with Crippen molar-refractivity contribution in [3.05, 3.63) is 87.3 Å². The Morgan fingerprint density at radius 3 is 2.21 bits per heavy atom. The fourth-order valence-electron chi connectivity index (χ4n) is 4.17. The second-order valence-electron chi connectivity index (χ2n) is 9.80. The van der Waals surface area contributed by atoms with Gasteiger partial charge in [0.15, 0.2) is 0 Å². The smallest absolute Gasteiger partial charge is 0.253 e. The number of amides is 1. The van der Waals surface area contributed by atoms with E-state index in [1.807, 2.05) is 46.9 Å². The summed E-state index contributed by atoms with van der Waals surface area (Å²) in [5.74, 6) is -0.341. The predicted octanol–water partition coefficient (Wildman–Crippen LogP) is 4.33. The molecule has 1 amide bonds. The van der Waals surface area contributed by atoms with E-state index in [0.29, 0.717) is 16.7 Å². The van der Waals surface area contributed by atoms with Gasteiger partial charge >= 0.3 is 0 Å². The second-order valence-corrected chi connectivity index (χ2v) is 12.0. The van der Waals surface area contributed by atoms with Gasteiger partial charge in [0.1, 0.15) is 0 Å². The monoisotopic (exact) mass is 536 g/mol. The van der Waals surface area contributed by atoms with Crippen LogP contribution in [0.4, 0.5) is 5.69 Å². The van der Waals surface area contributed by atoms with Crippen LogP contribution in [0.5, 0.6) is 0 Å². The first-order chi connectivity index (χ1) is 17.8. The molecule has 0 saturated heterocycles. The summed E-state index contributed by atoms with van der Waals surface area (Å²) in [5.41, 5.74) is 5.23. The van der Waals surface area contributed by atoms with E-state index in [1.165, 1.54) is 18.4 Å². The van der Waals surface area contributed by atoms with Gasteiger partial charge in [-0.3, -0.25) is 9.59 Å². The normalized spacial score (nSPS) is 11.6. The number of hydrogen-bond donors (Lipinski definition) is 2. The molecule has 0 radical (unpaired) electrons. The highest BCUT2D eigenvalue weighted by molar-refractivity contribution is 7.89. The Bertz CT molecular complexity index is 1520. The first-order valence-electron chi connectivity index (χ1n) is 12.3. The number of aryl methyl sites for hydroxylation is 2. The molecule has 3 rings (SSSR count). The molecule has 2 aromatic carbocycles. The summed E-state index contributed by atoms with van der Waals surface area (Å²) in [6.45, 7) is 11.8. The summed E-state index contributed by atoms with van der Waals surface area (Å²) in [7, 11) is 1.36. The average molecular weight is 537 g/mol. The van der Waals surface area contributed by atoms with Crippen molar-refractivity contribution >= 4 is 27.7 Å². The van der Waals surface area contributed by atoms with Crippen molar-refractivity contribution in [2.24, 2.45) is 0 Å². The molecular weight excluding hydrogens is 500 g/mol. The lowest BCUT2D eigenvalue weighted by molar-refractivity contribution is 0.0950. The fraction of sp³-hybridized carbons (Fsp3) is 0.310. The third-order valence-electron chi connectivity index (χ3n) is 6.65. The van der Waals surface area contributed by atoms with Crippen molar-refractivity contribution in [3.63, 3.8) is 0 Å². The van der Waals surface area contributed by atoms with Crippen LogP contribution in [0.15, 0.2) is 58.7 Å². The van der Waals surface area contributed by atoms with Crippen molar-refractivity contribution in [3.8, 4) is 11.1 Å². The number of aromatic amines is 1. The molecule has 0 aliphatic rings. The Labute approximate surface area is 225 Å². The molecule has 9 heteroatoms. The van der Waals surface area contributed by atoms with Gasteiger partial charge < -0.3 is 15.2 Å². The molecule has 1 aromatic heterocycles. The molecule has 8 nitrogen and oxygen atoms in total. The molecule has 2 N–H and O–H groups in total. The van der Waals surface area contributed by atoms with Crippen LogP contribution in [0, 0.1) is 13.8 Å². The number of carbonyl (C=O) groups is 1. The SMILES string of the molecule is C=Cc1c(C(=O)NCc2c(C)cc(C)[nH]c2=O)cc(-c2ccc(S(=O)(=O)N(C)C)cc2)cc1N(C)C(C)C.